The Balaban J connectivity index is 2.78. The molecule has 0 saturated heterocycles. The van der Waals surface area contributed by atoms with Gasteiger partial charge in [0.05, 0.1) is 10.9 Å². The fourth-order valence-corrected chi connectivity index (χ4v) is 2.04. The van der Waals surface area contributed by atoms with Gasteiger partial charge in [0.15, 0.2) is 9.84 Å². The molecule has 6 heteroatoms. The Hall–Kier alpha value is -1.43. The molecule has 0 fully saturated rings. The molecule has 1 N–H and O–H groups in total. The lowest BCUT2D eigenvalue weighted by molar-refractivity contribution is -0.110. The summed E-state index contributed by atoms with van der Waals surface area (Å²) >= 11 is 0. The van der Waals surface area contributed by atoms with Gasteiger partial charge in [0.2, 0.25) is 6.41 Å². The van der Waals surface area contributed by atoms with Gasteiger partial charge < -0.3 is 5.32 Å². The van der Waals surface area contributed by atoms with E-state index in [-0.39, 0.29) is 4.90 Å². The second kappa shape index (κ2) is 5.77. The minimum Gasteiger partial charge on any atom is -0.353 e. The normalized spacial score (nSPS) is 13.1. The monoisotopic (exact) mass is 259 g/mol. The van der Waals surface area contributed by atoms with Gasteiger partial charge in [0.1, 0.15) is 6.67 Å². The highest BCUT2D eigenvalue weighted by Crippen LogP contribution is 2.11. The van der Waals surface area contributed by atoms with Crippen molar-refractivity contribution >= 4 is 16.2 Å². The van der Waals surface area contributed by atoms with Crippen molar-refractivity contribution in [3.63, 3.8) is 0 Å². The number of hydrogen-bond donors (Lipinski definition) is 1. The van der Waals surface area contributed by atoms with Crippen molar-refractivity contribution < 1.29 is 17.6 Å². The number of amides is 1. The number of hydrogen-bond acceptors (Lipinski definition) is 3. The van der Waals surface area contributed by atoms with Crippen LogP contribution in [0.2, 0.25) is 0 Å². The molecule has 1 aromatic rings. The fraction of sp³-hybridized carbons (Fsp3) is 0.364. The number of benzene rings is 1. The van der Waals surface area contributed by atoms with Gasteiger partial charge in [-0.25, -0.2) is 12.8 Å². The molecule has 4 nitrogen and oxygen atoms in total. The first-order valence-corrected chi connectivity index (χ1v) is 6.91. The summed E-state index contributed by atoms with van der Waals surface area (Å²) in [5.41, 5.74) is 0.773. The molecule has 0 bridgehead atoms. The van der Waals surface area contributed by atoms with Gasteiger partial charge in [-0.3, -0.25) is 4.79 Å². The molecule has 1 atom stereocenters. The highest BCUT2D eigenvalue weighted by atomic mass is 32.2. The molecule has 0 aromatic heterocycles. The van der Waals surface area contributed by atoms with Crippen LogP contribution in [-0.4, -0.2) is 33.8 Å². The molecule has 0 aliphatic carbocycles. The zero-order chi connectivity index (χ0) is 12.9. The SMILES string of the molecule is CS(=O)(=O)c1ccc(C[C@@H](CF)NC=O)cc1. The quantitative estimate of drug-likeness (QED) is 0.766. The van der Waals surface area contributed by atoms with Gasteiger partial charge in [-0.2, -0.15) is 0 Å². The third-order valence-corrected chi connectivity index (χ3v) is 3.45. The van der Waals surface area contributed by atoms with E-state index in [0.29, 0.717) is 12.8 Å². The van der Waals surface area contributed by atoms with E-state index in [1.54, 1.807) is 12.1 Å². The number of alkyl halides is 1. The van der Waals surface area contributed by atoms with Crippen LogP contribution in [0.4, 0.5) is 4.39 Å². The van der Waals surface area contributed by atoms with Gasteiger partial charge >= 0.3 is 0 Å². The zero-order valence-electron chi connectivity index (χ0n) is 9.39. The Kier molecular flexibility index (Phi) is 4.62. The van der Waals surface area contributed by atoms with Crippen molar-refractivity contribution in [3.05, 3.63) is 29.8 Å². The third kappa shape index (κ3) is 4.14. The number of sulfone groups is 1. The minimum absolute atomic E-state index is 0.224. The Bertz CT molecular complexity index is 470. The molecular weight excluding hydrogens is 245 g/mol. The van der Waals surface area contributed by atoms with Crippen LogP contribution in [0.15, 0.2) is 29.2 Å². The Morgan fingerprint density at radius 1 is 1.35 bits per heavy atom. The van der Waals surface area contributed by atoms with Crippen molar-refractivity contribution in [1.82, 2.24) is 5.32 Å². The Morgan fingerprint density at radius 2 is 1.94 bits per heavy atom. The van der Waals surface area contributed by atoms with Crippen molar-refractivity contribution in [2.75, 3.05) is 12.9 Å². The largest absolute Gasteiger partial charge is 0.353 e. The van der Waals surface area contributed by atoms with E-state index >= 15 is 0 Å². The van der Waals surface area contributed by atoms with Crippen molar-refractivity contribution in [3.8, 4) is 0 Å². The van der Waals surface area contributed by atoms with Crippen LogP contribution in [0.5, 0.6) is 0 Å². The van der Waals surface area contributed by atoms with Crippen LogP contribution in [0.3, 0.4) is 0 Å². The average Bonchev–Trinajstić information content (AvgIpc) is 2.28. The van der Waals surface area contributed by atoms with Crippen LogP contribution in [0, 0.1) is 0 Å². The second-order valence-corrected chi connectivity index (χ2v) is 5.77. The number of rotatable bonds is 6. The minimum atomic E-state index is -3.21. The molecule has 0 spiro atoms. The summed E-state index contributed by atoms with van der Waals surface area (Å²) in [7, 11) is -3.21. The summed E-state index contributed by atoms with van der Waals surface area (Å²) < 4.78 is 34.9. The fourth-order valence-electron chi connectivity index (χ4n) is 1.41. The van der Waals surface area contributed by atoms with E-state index in [4.69, 9.17) is 0 Å². The zero-order valence-corrected chi connectivity index (χ0v) is 10.2. The second-order valence-electron chi connectivity index (χ2n) is 3.76. The molecule has 0 saturated carbocycles. The molecule has 94 valence electrons. The van der Waals surface area contributed by atoms with E-state index in [9.17, 15) is 17.6 Å². The van der Waals surface area contributed by atoms with Crippen molar-refractivity contribution in [2.45, 2.75) is 17.4 Å². The van der Waals surface area contributed by atoms with Gasteiger partial charge in [-0.05, 0) is 24.1 Å². The molecule has 17 heavy (non-hydrogen) atoms. The van der Waals surface area contributed by atoms with Crippen LogP contribution in [0.25, 0.3) is 0 Å². The number of carbonyl (C=O) groups excluding carboxylic acids is 1. The molecule has 0 unspecified atom stereocenters. The first kappa shape index (κ1) is 13.6. The summed E-state index contributed by atoms with van der Waals surface area (Å²) in [4.78, 5) is 10.4. The first-order chi connectivity index (χ1) is 7.97. The molecule has 0 heterocycles. The first-order valence-electron chi connectivity index (χ1n) is 5.02. The summed E-state index contributed by atoms with van der Waals surface area (Å²) in [6, 6.07) is 5.61. The molecular formula is C11H14FNO3S. The number of halogens is 1. The van der Waals surface area contributed by atoms with E-state index < -0.39 is 22.6 Å². The molecule has 1 rings (SSSR count). The van der Waals surface area contributed by atoms with Gasteiger partial charge in [-0.1, -0.05) is 12.1 Å². The third-order valence-electron chi connectivity index (χ3n) is 2.32. The predicted molar refractivity (Wildman–Crippen MR) is 62.2 cm³/mol. The van der Waals surface area contributed by atoms with E-state index in [1.165, 1.54) is 12.1 Å². The predicted octanol–water partition coefficient (Wildman–Crippen LogP) is 0.717. The summed E-state index contributed by atoms with van der Waals surface area (Å²) in [5, 5.41) is 2.35. The maximum atomic E-state index is 12.5. The topological polar surface area (TPSA) is 63.2 Å². The molecule has 1 amide bonds. The van der Waals surface area contributed by atoms with Crippen LogP contribution in [0.1, 0.15) is 5.56 Å². The van der Waals surface area contributed by atoms with Gasteiger partial charge in [0.25, 0.3) is 0 Å². The highest BCUT2D eigenvalue weighted by Gasteiger charge is 2.10. The maximum Gasteiger partial charge on any atom is 0.207 e. The smallest absolute Gasteiger partial charge is 0.207 e. The van der Waals surface area contributed by atoms with Crippen LogP contribution < -0.4 is 5.32 Å². The molecule has 1 aromatic carbocycles. The van der Waals surface area contributed by atoms with Gasteiger partial charge in [-0.15, -0.1) is 0 Å². The lowest BCUT2D eigenvalue weighted by atomic mass is 10.1. The average molecular weight is 259 g/mol. The van der Waals surface area contributed by atoms with Crippen molar-refractivity contribution in [2.24, 2.45) is 0 Å². The van der Waals surface area contributed by atoms with Crippen molar-refractivity contribution in [1.29, 1.82) is 0 Å². The van der Waals surface area contributed by atoms with Crippen LogP contribution in [-0.2, 0) is 21.1 Å². The number of carbonyl (C=O) groups is 1. The van der Waals surface area contributed by atoms with Gasteiger partial charge in [0, 0.05) is 6.26 Å². The molecule has 0 radical (unpaired) electrons. The molecule has 0 aliphatic heterocycles. The van der Waals surface area contributed by atoms with Crippen LogP contribution >= 0.6 is 0 Å². The summed E-state index contributed by atoms with van der Waals surface area (Å²) in [5.74, 6) is 0. The number of nitrogens with one attached hydrogen (secondary N) is 1. The maximum absolute atomic E-state index is 12.5. The molecule has 0 aliphatic rings. The standard InChI is InChI=1S/C11H14FNO3S/c1-17(15,16)11-4-2-9(3-5-11)6-10(7-12)13-8-14/h2-5,8,10H,6-7H2,1H3,(H,13,14)/t10-/m0/s1. The summed E-state index contributed by atoms with van der Waals surface area (Å²) in [6.45, 7) is -0.660. The lowest BCUT2D eigenvalue weighted by Crippen LogP contribution is -2.31. The van der Waals surface area contributed by atoms with E-state index in [2.05, 4.69) is 5.32 Å². The van der Waals surface area contributed by atoms with E-state index in [1.807, 2.05) is 0 Å². The summed E-state index contributed by atoms with van der Waals surface area (Å²) in [6.07, 6.45) is 1.91. The Morgan fingerprint density at radius 3 is 2.35 bits per heavy atom. The van der Waals surface area contributed by atoms with E-state index in [0.717, 1.165) is 11.8 Å². The Labute approximate surface area is 99.8 Å². The highest BCUT2D eigenvalue weighted by molar-refractivity contribution is 7.90. The lowest BCUT2D eigenvalue weighted by Gasteiger charge is -2.11.